The Balaban J connectivity index is 1.41. The number of imidazole rings is 1. The van der Waals surface area contributed by atoms with Crippen molar-refractivity contribution in [2.24, 2.45) is 4.99 Å². The van der Waals surface area contributed by atoms with Crippen LogP contribution in [0, 0.1) is 0 Å². The van der Waals surface area contributed by atoms with E-state index in [9.17, 15) is 9.90 Å². The van der Waals surface area contributed by atoms with E-state index in [2.05, 4.69) is 25.5 Å². The Morgan fingerprint density at radius 2 is 2.09 bits per heavy atom. The lowest BCUT2D eigenvalue weighted by molar-refractivity contribution is 0.454. The van der Waals surface area contributed by atoms with Gasteiger partial charge in [0.2, 0.25) is 5.88 Å². The second kappa shape index (κ2) is 8.03. The van der Waals surface area contributed by atoms with Crippen LogP contribution in [-0.4, -0.2) is 45.5 Å². The van der Waals surface area contributed by atoms with Gasteiger partial charge in [-0.25, -0.2) is 14.5 Å². The number of H-pyrrole nitrogens is 2. The highest BCUT2D eigenvalue weighted by molar-refractivity contribution is 5.58. The number of hydrogen-bond acceptors (Lipinski definition) is 7. The minimum atomic E-state index is -0.490. The van der Waals surface area contributed by atoms with Crippen molar-refractivity contribution >= 4 is 17.5 Å². The minimum absolute atomic E-state index is 0.239. The SMILES string of the molecule is O=c1[nH]c(O)c(C=c2cnn3c(=NC4CC4)cc(NCc4ccccc4-n4cccn4)nc23)[nH]1. The fourth-order valence-corrected chi connectivity index (χ4v) is 3.77. The van der Waals surface area contributed by atoms with Crippen molar-refractivity contribution in [3.8, 4) is 11.6 Å². The first-order valence-electron chi connectivity index (χ1n) is 10.9. The van der Waals surface area contributed by atoms with E-state index >= 15 is 0 Å². The molecule has 11 heteroatoms. The Hall–Kier alpha value is -4.67. The van der Waals surface area contributed by atoms with E-state index in [1.165, 1.54) is 0 Å². The molecule has 5 aromatic rings. The van der Waals surface area contributed by atoms with Crippen LogP contribution >= 0.6 is 0 Å². The average molecular weight is 455 g/mol. The fourth-order valence-electron chi connectivity index (χ4n) is 3.77. The van der Waals surface area contributed by atoms with E-state index in [0.29, 0.717) is 34.8 Å². The molecule has 1 aliphatic rings. The normalized spacial score (nSPS) is 14.8. The van der Waals surface area contributed by atoms with Crippen molar-refractivity contribution in [3.05, 3.63) is 87.4 Å². The van der Waals surface area contributed by atoms with Crippen LogP contribution in [0.4, 0.5) is 5.82 Å². The summed E-state index contributed by atoms with van der Waals surface area (Å²) in [6.07, 6.45) is 9.03. The molecule has 0 aliphatic heterocycles. The van der Waals surface area contributed by atoms with Crippen LogP contribution in [0.3, 0.4) is 0 Å². The van der Waals surface area contributed by atoms with Gasteiger partial charge >= 0.3 is 5.69 Å². The second-order valence-corrected chi connectivity index (χ2v) is 8.11. The zero-order chi connectivity index (χ0) is 23.1. The number of nitrogens with zero attached hydrogens (tertiary/aromatic N) is 6. The highest BCUT2D eigenvalue weighted by Crippen LogP contribution is 2.22. The van der Waals surface area contributed by atoms with E-state index in [1.807, 2.05) is 47.3 Å². The maximum Gasteiger partial charge on any atom is 0.326 e. The summed E-state index contributed by atoms with van der Waals surface area (Å²) >= 11 is 0. The lowest BCUT2D eigenvalue weighted by Crippen LogP contribution is -2.20. The maximum absolute atomic E-state index is 11.5. The van der Waals surface area contributed by atoms with Gasteiger partial charge in [0.1, 0.15) is 11.5 Å². The molecule has 1 fully saturated rings. The first-order chi connectivity index (χ1) is 16.6. The molecule has 170 valence electrons. The molecule has 0 atom stereocenters. The van der Waals surface area contributed by atoms with Crippen LogP contribution in [0.2, 0.25) is 0 Å². The van der Waals surface area contributed by atoms with E-state index < -0.39 is 5.69 Å². The van der Waals surface area contributed by atoms with E-state index in [-0.39, 0.29) is 11.6 Å². The zero-order valence-corrected chi connectivity index (χ0v) is 18.0. The summed E-state index contributed by atoms with van der Waals surface area (Å²) in [6, 6.07) is 12.1. The molecule has 4 aromatic heterocycles. The second-order valence-electron chi connectivity index (χ2n) is 8.11. The standard InChI is InChI=1S/C23H21N9O2/c33-22-17(28-23(34)30-22)10-15-13-26-32-20(27-16-6-7-16)11-19(29-21(15)32)24-12-14-4-1-2-5-18(14)31-9-3-8-25-31/h1-5,8-11,13,16,24,33H,6-7,12H2,(H2,28,30,34). The van der Waals surface area contributed by atoms with Gasteiger partial charge in [-0.1, -0.05) is 18.2 Å². The van der Waals surface area contributed by atoms with Crippen LogP contribution in [0.5, 0.6) is 5.88 Å². The third-order valence-corrected chi connectivity index (χ3v) is 5.58. The number of fused-ring (bicyclic) bond motifs is 1. The monoisotopic (exact) mass is 455 g/mol. The number of hydrogen-bond donors (Lipinski definition) is 4. The molecule has 0 spiro atoms. The van der Waals surface area contributed by atoms with Crippen LogP contribution < -0.4 is 21.7 Å². The van der Waals surface area contributed by atoms with Gasteiger partial charge in [-0.3, -0.25) is 9.98 Å². The van der Waals surface area contributed by atoms with Gasteiger partial charge < -0.3 is 15.4 Å². The van der Waals surface area contributed by atoms with Crippen LogP contribution in [0.1, 0.15) is 24.1 Å². The predicted molar refractivity (Wildman–Crippen MR) is 124 cm³/mol. The van der Waals surface area contributed by atoms with E-state index in [1.54, 1.807) is 23.0 Å². The molecule has 0 saturated heterocycles. The summed E-state index contributed by atoms with van der Waals surface area (Å²) in [5.74, 6) is 0.404. The number of para-hydroxylation sites is 1. The lowest BCUT2D eigenvalue weighted by Gasteiger charge is -2.11. The van der Waals surface area contributed by atoms with Crippen molar-refractivity contribution in [2.75, 3.05) is 5.32 Å². The van der Waals surface area contributed by atoms with E-state index in [4.69, 9.17) is 9.98 Å². The first kappa shape index (κ1) is 20.0. The van der Waals surface area contributed by atoms with Crippen LogP contribution in [-0.2, 0) is 6.54 Å². The Kier molecular flexibility index (Phi) is 4.72. The molecular weight excluding hydrogens is 434 g/mol. The number of aromatic hydroxyl groups is 1. The Morgan fingerprint density at radius 3 is 2.85 bits per heavy atom. The van der Waals surface area contributed by atoms with Gasteiger partial charge in [-0.2, -0.15) is 14.7 Å². The first-order valence-corrected chi connectivity index (χ1v) is 10.9. The largest absolute Gasteiger partial charge is 0.493 e. The van der Waals surface area contributed by atoms with E-state index in [0.717, 1.165) is 24.1 Å². The molecule has 6 rings (SSSR count). The summed E-state index contributed by atoms with van der Waals surface area (Å²) in [4.78, 5) is 25.9. The Labute approximate surface area is 192 Å². The molecule has 1 aliphatic carbocycles. The van der Waals surface area contributed by atoms with Crippen molar-refractivity contribution < 1.29 is 5.11 Å². The number of anilines is 1. The molecule has 0 bridgehead atoms. The van der Waals surface area contributed by atoms with Gasteiger partial charge in [0.05, 0.1) is 17.9 Å². The van der Waals surface area contributed by atoms with Gasteiger partial charge in [0, 0.05) is 30.2 Å². The maximum atomic E-state index is 11.5. The molecular formula is C23H21N9O2. The predicted octanol–water partition coefficient (Wildman–Crippen LogP) is 0.860. The van der Waals surface area contributed by atoms with Crippen LogP contribution in [0.25, 0.3) is 17.4 Å². The number of aromatic nitrogens is 7. The lowest BCUT2D eigenvalue weighted by atomic mass is 10.2. The molecule has 0 radical (unpaired) electrons. The summed E-state index contributed by atoms with van der Waals surface area (Å²) in [5.41, 5.74) is 3.07. The van der Waals surface area contributed by atoms with Crippen molar-refractivity contribution in [1.29, 1.82) is 0 Å². The zero-order valence-electron chi connectivity index (χ0n) is 18.0. The highest BCUT2D eigenvalue weighted by Gasteiger charge is 2.20. The van der Waals surface area contributed by atoms with Gasteiger partial charge in [-0.05, 0) is 36.6 Å². The smallest absolute Gasteiger partial charge is 0.326 e. The fraction of sp³-hybridized carbons (Fsp3) is 0.174. The molecule has 1 aromatic carbocycles. The van der Waals surface area contributed by atoms with Crippen molar-refractivity contribution in [3.63, 3.8) is 0 Å². The molecule has 4 heterocycles. The molecule has 4 N–H and O–H groups in total. The average Bonchev–Trinajstić information content (AvgIpc) is 3.20. The summed E-state index contributed by atoms with van der Waals surface area (Å²) in [6.45, 7) is 0.529. The molecule has 0 unspecified atom stereocenters. The number of benzene rings is 1. The van der Waals surface area contributed by atoms with Gasteiger partial charge in [0.15, 0.2) is 11.1 Å². The Morgan fingerprint density at radius 1 is 1.21 bits per heavy atom. The third kappa shape index (κ3) is 3.83. The molecule has 1 saturated carbocycles. The van der Waals surface area contributed by atoms with Crippen LogP contribution in [0.15, 0.2) is 64.8 Å². The molecule has 0 amide bonds. The highest BCUT2D eigenvalue weighted by atomic mass is 16.3. The molecule has 34 heavy (non-hydrogen) atoms. The van der Waals surface area contributed by atoms with Crippen molar-refractivity contribution in [1.82, 2.24) is 34.3 Å². The summed E-state index contributed by atoms with van der Waals surface area (Å²) < 4.78 is 3.50. The topological polar surface area (TPSA) is 141 Å². The quantitative estimate of drug-likeness (QED) is 0.299. The van der Waals surface area contributed by atoms with Gasteiger partial charge in [-0.15, -0.1) is 0 Å². The molecule has 11 nitrogen and oxygen atoms in total. The van der Waals surface area contributed by atoms with Crippen molar-refractivity contribution in [2.45, 2.75) is 25.4 Å². The number of nitrogens with one attached hydrogen (secondary N) is 3. The third-order valence-electron chi connectivity index (χ3n) is 5.58. The number of aromatic amines is 2. The minimum Gasteiger partial charge on any atom is -0.493 e. The summed E-state index contributed by atoms with van der Waals surface area (Å²) in [5, 5.41) is 22.8. The number of rotatable bonds is 6. The van der Waals surface area contributed by atoms with Gasteiger partial charge in [0.25, 0.3) is 0 Å². The summed E-state index contributed by atoms with van der Waals surface area (Å²) in [7, 11) is 0. The Bertz CT molecular complexity index is 1660.